The summed E-state index contributed by atoms with van der Waals surface area (Å²) in [6, 6.07) is 0.475. The van der Waals surface area contributed by atoms with Crippen LogP contribution in [0.4, 0.5) is 0 Å². The number of hydrogen-bond donors (Lipinski definition) is 2. The molecule has 0 amide bonds. The van der Waals surface area contributed by atoms with Crippen molar-refractivity contribution < 1.29 is 0 Å². The van der Waals surface area contributed by atoms with Gasteiger partial charge in [-0.3, -0.25) is 0 Å². The van der Waals surface area contributed by atoms with Crippen LogP contribution >= 0.6 is 0 Å². The standard InChI is InChI=1S/C19H35N3/c20-13-18-10-19(11-18,12-18)14-22-7-3-4-15(9-22)8-17(21)16-5-1-2-6-16/h15-17H,1-14,20-21H2. The predicted octanol–water partition coefficient (Wildman–Crippen LogP) is 2.74. The van der Waals surface area contributed by atoms with Crippen LogP contribution in [-0.2, 0) is 0 Å². The van der Waals surface area contributed by atoms with Gasteiger partial charge in [0.25, 0.3) is 0 Å². The van der Waals surface area contributed by atoms with Crippen molar-refractivity contribution in [3.63, 3.8) is 0 Å². The van der Waals surface area contributed by atoms with Crippen molar-refractivity contribution in [3.05, 3.63) is 0 Å². The van der Waals surface area contributed by atoms with E-state index in [1.165, 1.54) is 83.8 Å². The van der Waals surface area contributed by atoms with E-state index in [-0.39, 0.29) is 0 Å². The van der Waals surface area contributed by atoms with Gasteiger partial charge >= 0.3 is 0 Å². The Kier molecular flexibility index (Phi) is 4.03. The van der Waals surface area contributed by atoms with E-state index in [1.807, 2.05) is 0 Å². The fourth-order valence-corrected chi connectivity index (χ4v) is 6.54. The van der Waals surface area contributed by atoms with Gasteiger partial charge in [-0.25, -0.2) is 0 Å². The number of rotatable bonds is 6. The minimum atomic E-state index is 0.475. The Morgan fingerprint density at radius 3 is 2.41 bits per heavy atom. The Bertz CT molecular complexity index is 382. The minimum absolute atomic E-state index is 0.475. The molecule has 1 aliphatic heterocycles. The third kappa shape index (κ3) is 2.74. The molecule has 0 spiro atoms. The van der Waals surface area contributed by atoms with E-state index in [4.69, 9.17) is 11.5 Å². The molecule has 22 heavy (non-hydrogen) atoms. The van der Waals surface area contributed by atoms with Crippen molar-refractivity contribution in [3.8, 4) is 0 Å². The van der Waals surface area contributed by atoms with Gasteiger partial charge in [0.15, 0.2) is 0 Å². The second kappa shape index (κ2) is 5.75. The Labute approximate surface area is 136 Å². The van der Waals surface area contributed by atoms with Crippen molar-refractivity contribution in [2.45, 2.75) is 70.3 Å². The van der Waals surface area contributed by atoms with Crippen molar-refractivity contribution in [2.75, 3.05) is 26.2 Å². The van der Waals surface area contributed by atoms with Crippen LogP contribution in [0.3, 0.4) is 0 Å². The molecule has 126 valence electrons. The molecule has 5 aliphatic rings. The average molecular weight is 306 g/mol. The first-order valence-electron chi connectivity index (χ1n) is 9.80. The topological polar surface area (TPSA) is 55.3 Å². The maximum atomic E-state index is 6.53. The molecule has 4 N–H and O–H groups in total. The van der Waals surface area contributed by atoms with Crippen molar-refractivity contribution in [2.24, 2.45) is 34.1 Å². The van der Waals surface area contributed by atoms with E-state index in [0.29, 0.717) is 16.9 Å². The fourth-order valence-electron chi connectivity index (χ4n) is 6.54. The SMILES string of the molecule is NCC12CC(CN3CCCC(CC(N)C4CCCC4)C3)(C1)C2. The summed E-state index contributed by atoms with van der Waals surface area (Å²) in [5, 5.41) is 0. The van der Waals surface area contributed by atoms with Crippen molar-refractivity contribution >= 4 is 0 Å². The highest BCUT2D eigenvalue weighted by Crippen LogP contribution is 2.72. The lowest BCUT2D eigenvalue weighted by Crippen LogP contribution is -2.68. The summed E-state index contributed by atoms with van der Waals surface area (Å²) in [7, 11) is 0. The number of nitrogens with two attached hydrogens (primary N) is 2. The molecule has 1 saturated heterocycles. The molecule has 0 aromatic rings. The monoisotopic (exact) mass is 305 g/mol. The van der Waals surface area contributed by atoms with E-state index >= 15 is 0 Å². The van der Waals surface area contributed by atoms with Crippen LogP contribution < -0.4 is 11.5 Å². The lowest BCUT2D eigenvalue weighted by Gasteiger charge is -2.72. The number of piperidine rings is 1. The zero-order valence-corrected chi connectivity index (χ0v) is 14.2. The van der Waals surface area contributed by atoms with Gasteiger partial charge in [0, 0.05) is 19.1 Å². The van der Waals surface area contributed by atoms with Gasteiger partial charge < -0.3 is 16.4 Å². The maximum absolute atomic E-state index is 6.53. The smallest absolute Gasteiger partial charge is 0.00702 e. The maximum Gasteiger partial charge on any atom is 0.00702 e. The van der Waals surface area contributed by atoms with Crippen LogP contribution in [0.25, 0.3) is 0 Å². The quantitative estimate of drug-likeness (QED) is 0.793. The molecule has 2 bridgehead atoms. The van der Waals surface area contributed by atoms with E-state index in [0.717, 1.165) is 18.4 Å². The molecule has 2 unspecified atom stereocenters. The summed E-state index contributed by atoms with van der Waals surface area (Å²) >= 11 is 0. The fraction of sp³-hybridized carbons (Fsp3) is 1.00. The first kappa shape index (κ1) is 15.4. The predicted molar refractivity (Wildman–Crippen MR) is 91.5 cm³/mol. The van der Waals surface area contributed by atoms with Crippen LogP contribution in [-0.4, -0.2) is 37.1 Å². The Morgan fingerprint density at radius 2 is 1.73 bits per heavy atom. The molecule has 4 saturated carbocycles. The molecule has 3 nitrogen and oxygen atoms in total. The highest BCUT2D eigenvalue weighted by atomic mass is 15.1. The number of nitrogens with zero attached hydrogens (tertiary/aromatic N) is 1. The van der Waals surface area contributed by atoms with E-state index < -0.39 is 0 Å². The van der Waals surface area contributed by atoms with Crippen LogP contribution in [0.15, 0.2) is 0 Å². The first-order valence-corrected chi connectivity index (χ1v) is 9.80. The zero-order chi connectivity index (χ0) is 15.2. The average Bonchev–Trinajstić information content (AvgIpc) is 2.96. The molecule has 0 radical (unpaired) electrons. The summed E-state index contributed by atoms with van der Waals surface area (Å²) in [6.45, 7) is 4.92. The van der Waals surface area contributed by atoms with Gasteiger partial charge in [-0.15, -0.1) is 0 Å². The minimum Gasteiger partial charge on any atom is -0.330 e. The second-order valence-electron chi connectivity index (χ2n) is 9.42. The van der Waals surface area contributed by atoms with Gasteiger partial charge in [0.2, 0.25) is 0 Å². The van der Waals surface area contributed by atoms with E-state index in [9.17, 15) is 0 Å². The molecule has 5 rings (SSSR count). The summed E-state index contributed by atoms with van der Waals surface area (Å²) < 4.78 is 0. The largest absolute Gasteiger partial charge is 0.330 e. The van der Waals surface area contributed by atoms with E-state index in [1.54, 1.807) is 0 Å². The first-order chi connectivity index (χ1) is 10.6. The van der Waals surface area contributed by atoms with Gasteiger partial charge in [-0.05, 0) is 87.1 Å². The third-order valence-corrected chi connectivity index (χ3v) is 7.46. The van der Waals surface area contributed by atoms with Gasteiger partial charge in [-0.2, -0.15) is 0 Å². The summed E-state index contributed by atoms with van der Waals surface area (Å²) in [6.07, 6.45) is 13.9. The highest BCUT2D eigenvalue weighted by Gasteiger charge is 2.66. The molecule has 3 heteroatoms. The molecular weight excluding hydrogens is 270 g/mol. The Balaban J connectivity index is 1.24. The Hall–Kier alpha value is -0.120. The zero-order valence-electron chi connectivity index (χ0n) is 14.2. The molecular formula is C19H35N3. The molecule has 1 heterocycles. The molecule has 0 aromatic carbocycles. The number of likely N-dealkylation sites (tertiary alicyclic amines) is 1. The van der Waals surface area contributed by atoms with Gasteiger partial charge in [-0.1, -0.05) is 12.8 Å². The van der Waals surface area contributed by atoms with Gasteiger partial charge in [0.1, 0.15) is 0 Å². The molecule has 0 aromatic heterocycles. The van der Waals surface area contributed by atoms with Crippen LogP contribution in [0, 0.1) is 22.7 Å². The molecule has 2 atom stereocenters. The lowest BCUT2D eigenvalue weighted by atomic mass is 9.35. The second-order valence-corrected chi connectivity index (χ2v) is 9.42. The molecule has 5 fully saturated rings. The van der Waals surface area contributed by atoms with Crippen LogP contribution in [0.1, 0.15) is 64.2 Å². The summed E-state index contributed by atoms with van der Waals surface area (Å²) in [4.78, 5) is 2.77. The van der Waals surface area contributed by atoms with E-state index in [2.05, 4.69) is 4.90 Å². The summed E-state index contributed by atoms with van der Waals surface area (Å²) in [5.74, 6) is 1.69. The van der Waals surface area contributed by atoms with Crippen molar-refractivity contribution in [1.29, 1.82) is 0 Å². The van der Waals surface area contributed by atoms with Crippen molar-refractivity contribution in [1.82, 2.24) is 4.90 Å². The Morgan fingerprint density at radius 1 is 1.00 bits per heavy atom. The molecule has 4 aliphatic carbocycles. The van der Waals surface area contributed by atoms with Crippen LogP contribution in [0.2, 0.25) is 0 Å². The lowest BCUT2D eigenvalue weighted by molar-refractivity contribution is -0.208. The van der Waals surface area contributed by atoms with Gasteiger partial charge in [0.05, 0.1) is 0 Å². The summed E-state index contributed by atoms with van der Waals surface area (Å²) in [5.41, 5.74) is 13.7. The third-order valence-electron chi connectivity index (χ3n) is 7.46. The number of hydrogen-bond acceptors (Lipinski definition) is 3. The normalized spacial score (nSPS) is 43.6. The highest BCUT2D eigenvalue weighted by molar-refractivity contribution is 5.18. The van der Waals surface area contributed by atoms with Crippen LogP contribution in [0.5, 0.6) is 0 Å².